The summed E-state index contributed by atoms with van der Waals surface area (Å²) in [5.41, 5.74) is 1.87. The van der Waals surface area contributed by atoms with Crippen LogP contribution in [0.25, 0.3) is 0 Å². The number of aromatic nitrogens is 1. The van der Waals surface area contributed by atoms with Crippen LogP contribution >= 0.6 is 0 Å². The summed E-state index contributed by atoms with van der Waals surface area (Å²) in [5.74, 6) is -0.00938. The van der Waals surface area contributed by atoms with Crippen molar-refractivity contribution in [1.29, 1.82) is 0 Å². The molecule has 0 aliphatic heterocycles. The van der Waals surface area contributed by atoms with Gasteiger partial charge in [-0.2, -0.15) is 0 Å². The second-order valence-corrected chi connectivity index (χ2v) is 10.1. The highest BCUT2D eigenvalue weighted by Crippen LogP contribution is 2.42. The highest BCUT2D eigenvalue weighted by atomic mass is 32.2. The molecular weight excluding hydrogens is 383 g/mol. The first kappa shape index (κ1) is 19.1. The second-order valence-electron chi connectivity index (χ2n) is 7.84. The Morgan fingerprint density at radius 2 is 1.96 bits per heavy atom. The van der Waals surface area contributed by atoms with Crippen molar-refractivity contribution in [2.45, 2.75) is 67.3 Å². The minimum atomic E-state index is -4.10. The molecule has 2 aromatic rings. The van der Waals surface area contributed by atoms with E-state index in [9.17, 15) is 13.2 Å². The minimum absolute atomic E-state index is 0.00848. The highest BCUT2D eigenvalue weighted by molar-refractivity contribution is 7.92. The average molecular weight is 406 g/mol. The van der Waals surface area contributed by atoms with E-state index in [1.165, 1.54) is 18.4 Å². The molecule has 0 atom stereocenters. The van der Waals surface area contributed by atoms with E-state index in [2.05, 4.69) is 10.5 Å². The van der Waals surface area contributed by atoms with Crippen molar-refractivity contribution in [3.05, 3.63) is 47.3 Å². The van der Waals surface area contributed by atoms with Crippen LogP contribution in [0.5, 0.6) is 0 Å². The van der Waals surface area contributed by atoms with Gasteiger partial charge in [-0.25, -0.2) is 12.8 Å². The van der Waals surface area contributed by atoms with Crippen LogP contribution in [-0.2, 0) is 9.84 Å². The van der Waals surface area contributed by atoms with Crippen LogP contribution in [0.4, 0.5) is 4.39 Å². The Morgan fingerprint density at radius 3 is 2.61 bits per heavy atom. The lowest BCUT2D eigenvalue weighted by Gasteiger charge is -2.33. The molecule has 6 nitrogen and oxygen atoms in total. The third-order valence-corrected chi connectivity index (χ3v) is 7.92. The largest absolute Gasteiger partial charge is 0.364 e. The predicted octanol–water partition coefficient (Wildman–Crippen LogP) is 3.67. The third-order valence-electron chi connectivity index (χ3n) is 5.68. The minimum Gasteiger partial charge on any atom is -0.364 e. The van der Waals surface area contributed by atoms with Crippen LogP contribution in [0.1, 0.15) is 66.1 Å². The normalized spacial score (nSPS) is 25.4. The third kappa shape index (κ3) is 3.45. The van der Waals surface area contributed by atoms with Gasteiger partial charge in [0.05, 0.1) is 4.90 Å². The van der Waals surface area contributed by atoms with Gasteiger partial charge >= 0.3 is 0 Å². The Bertz CT molecular complexity index is 989. The van der Waals surface area contributed by atoms with Gasteiger partial charge in [0.25, 0.3) is 5.91 Å². The number of amides is 1. The fourth-order valence-electron chi connectivity index (χ4n) is 3.81. The zero-order valence-electron chi connectivity index (χ0n) is 15.7. The lowest BCUT2D eigenvalue weighted by Crippen LogP contribution is -2.45. The van der Waals surface area contributed by atoms with Crippen molar-refractivity contribution < 1.29 is 22.1 Å². The monoisotopic (exact) mass is 406 g/mol. The molecule has 1 N–H and O–H groups in total. The molecule has 2 aliphatic carbocycles. The van der Waals surface area contributed by atoms with Crippen molar-refractivity contribution >= 4 is 15.7 Å². The Labute approximate surface area is 163 Å². The smallest absolute Gasteiger partial charge is 0.273 e. The van der Waals surface area contributed by atoms with Gasteiger partial charge in [0.15, 0.2) is 5.69 Å². The Kier molecular flexibility index (Phi) is 4.77. The zero-order chi connectivity index (χ0) is 19.9. The molecule has 0 bridgehead atoms. The molecule has 8 heteroatoms. The molecule has 28 heavy (non-hydrogen) atoms. The van der Waals surface area contributed by atoms with Crippen molar-refractivity contribution in [3.63, 3.8) is 0 Å². The quantitative estimate of drug-likeness (QED) is 0.818. The summed E-state index contributed by atoms with van der Waals surface area (Å²) in [7, 11) is -4.10. The molecule has 2 fully saturated rings. The predicted molar refractivity (Wildman–Crippen MR) is 100 cm³/mol. The fraction of sp³-hybridized carbons (Fsp3) is 0.500. The Morgan fingerprint density at radius 1 is 1.25 bits per heavy atom. The number of rotatable bonds is 5. The number of halogens is 1. The summed E-state index contributed by atoms with van der Waals surface area (Å²) in [6.07, 6.45) is 3.76. The van der Waals surface area contributed by atoms with E-state index in [1.54, 1.807) is 19.1 Å². The number of nitrogens with one attached hydrogen (secondary N) is 1. The maximum atomic E-state index is 15.4. The molecular formula is C20H23FN2O4S. The number of sulfone groups is 1. The number of hydrogen-bond acceptors (Lipinski definition) is 5. The van der Waals surface area contributed by atoms with Crippen molar-refractivity contribution in [2.24, 2.45) is 0 Å². The first-order valence-corrected chi connectivity index (χ1v) is 11.0. The summed E-state index contributed by atoms with van der Waals surface area (Å²) in [5, 5.41) is 4.35. The van der Waals surface area contributed by atoms with Crippen molar-refractivity contribution in [2.75, 3.05) is 0 Å². The molecule has 150 valence electrons. The van der Waals surface area contributed by atoms with Crippen LogP contribution in [0.15, 0.2) is 39.9 Å². The van der Waals surface area contributed by atoms with Gasteiger partial charge in [0.2, 0.25) is 14.8 Å². The first-order chi connectivity index (χ1) is 13.3. The lowest BCUT2D eigenvalue weighted by atomic mass is 9.93. The molecule has 0 radical (unpaired) electrons. The van der Waals surface area contributed by atoms with Crippen LogP contribution in [-0.4, -0.2) is 30.5 Å². The SMILES string of the molecule is Cc1cccc(S(=O)(=O)[C@]2(F)CC[C@H](NC(=O)c3nocc3C3CC3)CC2)c1. The van der Waals surface area contributed by atoms with E-state index >= 15 is 4.39 Å². The van der Waals surface area contributed by atoms with E-state index < -0.39 is 14.8 Å². The molecule has 1 aromatic heterocycles. The summed E-state index contributed by atoms with van der Waals surface area (Å²) < 4.78 is 46.0. The number of benzene rings is 1. The van der Waals surface area contributed by atoms with Crippen LogP contribution in [0.3, 0.4) is 0 Å². The van der Waals surface area contributed by atoms with Gasteiger partial charge in [-0.1, -0.05) is 17.3 Å². The molecule has 0 unspecified atom stereocenters. The number of carbonyl (C=O) groups excluding carboxylic acids is 1. The van der Waals surface area contributed by atoms with E-state index in [4.69, 9.17) is 4.52 Å². The Balaban J connectivity index is 1.42. The zero-order valence-corrected chi connectivity index (χ0v) is 16.5. The maximum Gasteiger partial charge on any atom is 0.273 e. The number of alkyl halides is 1. The van der Waals surface area contributed by atoms with Gasteiger partial charge in [0.1, 0.15) is 6.26 Å². The summed E-state index contributed by atoms with van der Waals surface area (Å²) in [6, 6.07) is 6.03. The summed E-state index contributed by atoms with van der Waals surface area (Å²) >= 11 is 0. The standard InChI is InChI=1S/C20H23FN2O4S/c1-13-3-2-4-16(11-13)28(25,26)20(21)9-7-15(8-10-20)22-19(24)18-17(12-27-23-18)14-5-6-14/h2-4,11-12,14-15H,5-10H2,1H3,(H,22,24)/t15-,20+. The van der Waals surface area contributed by atoms with Gasteiger partial charge < -0.3 is 9.84 Å². The molecule has 1 amide bonds. The van der Waals surface area contributed by atoms with E-state index in [0.717, 1.165) is 24.0 Å². The molecule has 0 spiro atoms. The van der Waals surface area contributed by atoms with Crippen LogP contribution in [0, 0.1) is 6.92 Å². The van der Waals surface area contributed by atoms with Crippen LogP contribution in [0.2, 0.25) is 0 Å². The van der Waals surface area contributed by atoms with Gasteiger partial charge in [-0.15, -0.1) is 0 Å². The van der Waals surface area contributed by atoms with E-state index in [-0.39, 0.29) is 48.2 Å². The van der Waals surface area contributed by atoms with Crippen LogP contribution < -0.4 is 5.32 Å². The Hall–Kier alpha value is -2.22. The molecule has 1 heterocycles. The highest BCUT2D eigenvalue weighted by Gasteiger charge is 2.48. The lowest BCUT2D eigenvalue weighted by molar-refractivity contribution is 0.0896. The average Bonchev–Trinajstić information content (AvgIpc) is 3.39. The van der Waals surface area contributed by atoms with Gasteiger partial charge in [-0.3, -0.25) is 4.79 Å². The van der Waals surface area contributed by atoms with Gasteiger partial charge in [-0.05, 0) is 69.1 Å². The number of nitrogens with zero attached hydrogens (tertiary/aromatic N) is 1. The van der Waals surface area contributed by atoms with Crippen molar-refractivity contribution in [3.8, 4) is 0 Å². The molecule has 4 rings (SSSR count). The number of aryl methyl sites for hydroxylation is 1. The molecule has 2 saturated carbocycles. The summed E-state index contributed by atoms with van der Waals surface area (Å²) in [6.45, 7) is 1.77. The van der Waals surface area contributed by atoms with E-state index in [1.807, 2.05) is 0 Å². The first-order valence-electron chi connectivity index (χ1n) is 9.55. The topological polar surface area (TPSA) is 89.3 Å². The molecule has 1 aromatic carbocycles. The van der Waals surface area contributed by atoms with Gasteiger partial charge in [0, 0.05) is 11.6 Å². The fourth-order valence-corrected chi connectivity index (χ4v) is 5.60. The summed E-state index contributed by atoms with van der Waals surface area (Å²) in [4.78, 5) is 12.5. The maximum absolute atomic E-state index is 15.4. The number of carbonyl (C=O) groups is 1. The second kappa shape index (κ2) is 6.99. The molecule has 2 aliphatic rings. The van der Waals surface area contributed by atoms with Crippen molar-refractivity contribution in [1.82, 2.24) is 10.5 Å². The van der Waals surface area contributed by atoms with E-state index in [0.29, 0.717) is 5.92 Å². The number of hydrogen-bond donors (Lipinski definition) is 1. The molecule has 0 saturated heterocycles.